The molecule has 7 heteroatoms. The second-order valence-corrected chi connectivity index (χ2v) is 8.80. The predicted molar refractivity (Wildman–Crippen MR) is 124 cm³/mol. The largest absolute Gasteiger partial charge is 0.481 e. The van der Waals surface area contributed by atoms with Gasteiger partial charge in [-0.15, -0.1) is 0 Å². The van der Waals surface area contributed by atoms with Gasteiger partial charge in [0.25, 0.3) is 0 Å². The van der Waals surface area contributed by atoms with E-state index in [0.717, 1.165) is 28.7 Å². The van der Waals surface area contributed by atoms with Crippen LogP contribution >= 0.6 is 0 Å². The summed E-state index contributed by atoms with van der Waals surface area (Å²) in [6, 6.07) is 15.0. The number of fused-ring (bicyclic) bond motifs is 3. The maximum atomic E-state index is 12.8. The highest BCUT2D eigenvalue weighted by molar-refractivity contribution is 5.86. The molecule has 174 valence electrons. The molecule has 0 radical (unpaired) electrons. The van der Waals surface area contributed by atoms with Crippen molar-refractivity contribution in [2.24, 2.45) is 5.92 Å². The van der Waals surface area contributed by atoms with Crippen LogP contribution in [-0.2, 0) is 14.3 Å². The lowest BCUT2D eigenvalue weighted by atomic mass is 9.98. The summed E-state index contributed by atoms with van der Waals surface area (Å²) in [5, 5.41) is 14.9. The summed E-state index contributed by atoms with van der Waals surface area (Å²) in [6.07, 6.45) is 2.44. The van der Waals surface area contributed by atoms with Crippen LogP contribution in [-0.4, -0.2) is 41.8 Å². The highest BCUT2D eigenvalue weighted by Crippen LogP contribution is 2.44. The number of amides is 2. The molecule has 1 saturated carbocycles. The molecule has 0 unspecified atom stereocenters. The highest BCUT2D eigenvalue weighted by Gasteiger charge is 2.35. The SMILES string of the molecule is CCC[C@@H](NC(=O)OCC1c2ccccc2-c2ccccc21)C(=O)N[C@H]1CCC[C@H]1C(=O)O. The van der Waals surface area contributed by atoms with Gasteiger partial charge >= 0.3 is 12.1 Å². The molecule has 0 spiro atoms. The summed E-state index contributed by atoms with van der Waals surface area (Å²) < 4.78 is 5.57. The average molecular weight is 451 g/mol. The zero-order valence-corrected chi connectivity index (χ0v) is 18.8. The molecule has 4 rings (SSSR count). The first-order chi connectivity index (χ1) is 16.0. The van der Waals surface area contributed by atoms with Crippen molar-refractivity contribution in [2.45, 2.75) is 57.0 Å². The lowest BCUT2D eigenvalue weighted by Gasteiger charge is -2.23. The Kier molecular flexibility index (Phi) is 6.96. The Hall–Kier alpha value is -3.35. The summed E-state index contributed by atoms with van der Waals surface area (Å²) >= 11 is 0. The normalized spacial score (nSPS) is 19.9. The predicted octanol–water partition coefficient (Wildman–Crippen LogP) is 4.06. The molecule has 2 amide bonds. The average Bonchev–Trinajstić information content (AvgIpc) is 3.40. The van der Waals surface area contributed by atoms with Gasteiger partial charge in [-0.3, -0.25) is 9.59 Å². The summed E-state index contributed by atoms with van der Waals surface area (Å²) in [6.45, 7) is 2.10. The van der Waals surface area contributed by atoms with Crippen LogP contribution in [0, 0.1) is 5.92 Å². The third kappa shape index (κ3) is 4.87. The minimum Gasteiger partial charge on any atom is -0.481 e. The van der Waals surface area contributed by atoms with E-state index in [-0.39, 0.29) is 18.4 Å². The van der Waals surface area contributed by atoms with Crippen LogP contribution in [0.1, 0.15) is 56.1 Å². The fourth-order valence-corrected chi connectivity index (χ4v) is 5.05. The van der Waals surface area contributed by atoms with Gasteiger partial charge in [0.15, 0.2) is 0 Å². The van der Waals surface area contributed by atoms with Crippen LogP contribution in [0.2, 0.25) is 0 Å². The topological polar surface area (TPSA) is 105 Å². The first kappa shape index (κ1) is 22.8. The number of benzene rings is 2. The summed E-state index contributed by atoms with van der Waals surface area (Å²) in [7, 11) is 0. The van der Waals surface area contributed by atoms with Crippen LogP contribution in [0.4, 0.5) is 4.79 Å². The Morgan fingerprint density at radius 3 is 2.27 bits per heavy atom. The van der Waals surface area contributed by atoms with Crippen molar-refractivity contribution in [2.75, 3.05) is 6.61 Å². The number of hydrogen-bond donors (Lipinski definition) is 3. The number of ether oxygens (including phenoxy) is 1. The van der Waals surface area contributed by atoms with E-state index >= 15 is 0 Å². The Bertz CT molecular complexity index is 991. The van der Waals surface area contributed by atoms with Gasteiger partial charge in [-0.2, -0.15) is 0 Å². The summed E-state index contributed by atoms with van der Waals surface area (Å²) in [5.74, 6) is -1.89. The molecule has 33 heavy (non-hydrogen) atoms. The molecule has 0 bridgehead atoms. The standard InChI is InChI=1S/C26H30N2O5/c1-2-8-23(24(29)27-22-14-7-13-20(22)25(30)31)28-26(32)33-15-21-18-11-5-3-9-16(18)17-10-4-6-12-19(17)21/h3-6,9-12,20-23H,2,7-8,13-15H2,1H3,(H,27,29)(H,28,32)(H,30,31)/t20-,22+,23-/m1/s1. The Morgan fingerprint density at radius 2 is 1.67 bits per heavy atom. The van der Waals surface area contributed by atoms with Gasteiger partial charge in [-0.25, -0.2) is 4.79 Å². The van der Waals surface area contributed by atoms with Gasteiger partial charge in [-0.1, -0.05) is 68.3 Å². The van der Waals surface area contributed by atoms with Crippen molar-refractivity contribution in [1.29, 1.82) is 0 Å². The fraction of sp³-hybridized carbons (Fsp3) is 0.423. The molecule has 2 aromatic rings. The van der Waals surface area contributed by atoms with Gasteiger partial charge in [0.1, 0.15) is 12.6 Å². The number of rotatable bonds is 8. The molecule has 2 aliphatic rings. The van der Waals surface area contributed by atoms with Gasteiger partial charge in [0.05, 0.1) is 5.92 Å². The van der Waals surface area contributed by atoms with Crippen LogP contribution in [0.15, 0.2) is 48.5 Å². The molecule has 0 heterocycles. The Morgan fingerprint density at radius 1 is 1.03 bits per heavy atom. The first-order valence-corrected chi connectivity index (χ1v) is 11.6. The smallest absolute Gasteiger partial charge is 0.407 e. The van der Waals surface area contributed by atoms with E-state index in [1.807, 2.05) is 31.2 Å². The first-order valence-electron chi connectivity index (χ1n) is 11.6. The van der Waals surface area contributed by atoms with E-state index in [4.69, 9.17) is 4.74 Å². The molecule has 3 atom stereocenters. The summed E-state index contributed by atoms with van der Waals surface area (Å²) in [4.78, 5) is 36.8. The van der Waals surface area contributed by atoms with E-state index in [2.05, 4.69) is 34.9 Å². The van der Waals surface area contributed by atoms with Crippen LogP contribution in [0.25, 0.3) is 11.1 Å². The minimum absolute atomic E-state index is 0.0589. The zero-order chi connectivity index (χ0) is 23.4. The van der Waals surface area contributed by atoms with E-state index in [1.54, 1.807) is 0 Å². The van der Waals surface area contributed by atoms with Crippen LogP contribution in [0.3, 0.4) is 0 Å². The molecule has 3 N–H and O–H groups in total. The van der Waals surface area contributed by atoms with Crippen molar-refractivity contribution in [3.05, 3.63) is 59.7 Å². The Balaban J connectivity index is 1.38. The van der Waals surface area contributed by atoms with Crippen LogP contribution in [0.5, 0.6) is 0 Å². The monoisotopic (exact) mass is 450 g/mol. The van der Waals surface area contributed by atoms with E-state index in [9.17, 15) is 19.5 Å². The van der Waals surface area contributed by atoms with Crippen molar-refractivity contribution in [3.63, 3.8) is 0 Å². The van der Waals surface area contributed by atoms with E-state index < -0.39 is 30.1 Å². The lowest BCUT2D eigenvalue weighted by molar-refractivity contribution is -0.142. The van der Waals surface area contributed by atoms with Crippen LogP contribution < -0.4 is 10.6 Å². The maximum absolute atomic E-state index is 12.8. The summed E-state index contributed by atoms with van der Waals surface area (Å²) in [5.41, 5.74) is 4.54. The molecular formula is C26H30N2O5. The molecule has 2 aromatic carbocycles. The maximum Gasteiger partial charge on any atom is 0.407 e. The number of hydrogen-bond acceptors (Lipinski definition) is 4. The quantitative estimate of drug-likeness (QED) is 0.563. The zero-order valence-electron chi connectivity index (χ0n) is 18.8. The number of alkyl carbamates (subject to hydrolysis) is 1. The third-order valence-electron chi connectivity index (χ3n) is 6.69. The number of nitrogens with one attached hydrogen (secondary N) is 2. The number of carbonyl (C=O) groups excluding carboxylic acids is 2. The van der Waals surface area contributed by atoms with E-state index in [0.29, 0.717) is 25.7 Å². The second kappa shape index (κ2) is 10.1. The number of carboxylic acid groups (broad SMARTS) is 1. The minimum atomic E-state index is -0.894. The van der Waals surface area contributed by atoms with E-state index in [1.165, 1.54) is 0 Å². The number of aliphatic carboxylic acids is 1. The third-order valence-corrected chi connectivity index (χ3v) is 6.69. The lowest BCUT2D eigenvalue weighted by Crippen LogP contribution is -2.51. The molecule has 1 fully saturated rings. The van der Waals surface area contributed by atoms with Gasteiger partial charge in [0, 0.05) is 12.0 Å². The van der Waals surface area contributed by atoms with Crippen molar-refractivity contribution >= 4 is 18.0 Å². The molecule has 0 saturated heterocycles. The molecule has 2 aliphatic carbocycles. The highest BCUT2D eigenvalue weighted by atomic mass is 16.5. The molecule has 7 nitrogen and oxygen atoms in total. The van der Waals surface area contributed by atoms with Crippen molar-refractivity contribution in [1.82, 2.24) is 10.6 Å². The fourth-order valence-electron chi connectivity index (χ4n) is 5.05. The molecule has 0 aliphatic heterocycles. The van der Waals surface area contributed by atoms with Gasteiger partial charge in [-0.05, 0) is 41.5 Å². The Labute approximate surface area is 193 Å². The molecule has 0 aromatic heterocycles. The van der Waals surface area contributed by atoms with Gasteiger partial charge < -0.3 is 20.5 Å². The number of carbonyl (C=O) groups is 3. The van der Waals surface area contributed by atoms with Crippen molar-refractivity contribution in [3.8, 4) is 11.1 Å². The number of carboxylic acids is 1. The van der Waals surface area contributed by atoms with Gasteiger partial charge in [0.2, 0.25) is 5.91 Å². The second-order valence-electron chi connectivity index (χ2n) is 8.80. The molecular weight excluding hydrogens is 420 g/mol. The van der Waals surface area contributed by atoms with Crippen molar-refractivity contribution < 1.29 is 24.2 Å².